The number of piperidine rings is 1. The summed E-state index contributed by atoms with van der Waals surface area (Å²) in [5.41, 5.74) is 10.8. The molecule has 0 aromatic heterocycles. The molecular weight excluding hydrogens is 1400 g/mol. The maximum absolute atomic E-state index is 10.6. The molecule has 1 heterocycles. The van der Waals surface area contributed by atoms with E-state index >= 15 is 0 Å². The predicted octanol–water partition coefficient (Wildman–Crippen LogP) is 22.2. The van der Waals surface area contributed by atoms with Crippen molar-refractivity contribution in [1.29, 1.82) is 0 Å². The monoisotopic (exact) mass is 1590 g/mol. The first-order valence-corrected chi connectivity index (χ1v) is 77.7. The van der Waals surface area contributed by atoms with Gasteiger partial charge in [-0.2, -0.15) is 0 Å². The Balaban J connectivity index is -0.000000253. The zero-order valence-electron chi connectivity index (χ0n) is 75.6. The molecule has 1 atom stereocenters. The Morgan fingerprint density at radius 1 is 0.420 bits per heavy atom. The number of unbranched alkanes of at least 4 members (excludes halogenated alkanes) is 7. The number of likely N-dealkylation sites (tertiary alicyclic amines) is 1. The van der Waals surface area contributed by atoms with Gasteiger partial charge in [0.2, 0.25) is 0 Å². The number of hydrogen-bond acceptors (Lipinski definition) is 9. The molecule has 3 fully saturated rings. The molecule has 0 amide bonds. The second-order valence-corrected chi connectivity index (χ2v) is 94.2. The van der Waals surface area contributed by atoms with Crippen molar-refractivity contribution in [1.82, 2.24) is 20.0 Å². The Labute approximate surface area is 665 Å². The van der Waals surface area contributed by atoms with Gasteiger partial charge in [-0.25, -0.2) is 0 Å². The second-order valence-electron chi connectivity index (χ2n) is 42.1. The molecule has 2 saturated carbocycles. The molecule has 9 nitrogen and oxygen atoms in total. The van der Waals surface area contributed by atoms with Crippen LogP contribution in [0.3, 0.4) is 0 Å². The van der Waals surface area contributed by atoms with Crippen molar-refractivity contribution in [3.05, 3.63) is 0 Å². The molecule has 0 aromatic carbocycles. The fourth-order valence-electron chi connectivity index (χ4n) is 12.5. The molecule has 604 valence electrons. The molecule has 0 aromatic rings. The van der Waals surface area contributed by atoms with Gasteiger partial charge in [0.1, 0.15) is 7.60 Å². The standard InChI is InChI=1S/C13H33NSi2.C13H28Si.C10H23NSi.C10H25NSi.C9H21NSi.2C9H23NSi.C7H19O3PSi.Na/c1-14(10-8-12-15(2,3)4)11-9-13-16(5,6)7;1-14(2,3)12-8-7-11-13-9-5-4-6-10-13;1-12(2,3)9-11-10-7-5-4-6-8-10;1-6-11(7-2)9-8-10-12(3,4)5;1-11(2,3)9-10-7-5-4-6-8-10;2*1-11(2,3)9-7-5-4-6-8-10;1-11(8,9)10-6-5-7-12(2,3)4;/h8-13H2,1-7H3;13H,4-12H2,1-3H3;10-11H,4-9H2,1-3H3;6-10H2,1-5H3;4-9H2,1-3H3;2*4-10H2,1-3H3;5-7H2,1-4H3,(H,8,9);/q;;;;;;;;+1/p-1. The van der Waals surface area contributed by atoms with E-state index in [4.69, 9.17) is 11.5 Å². The van der Waals surface area contributed by atoms with Crippen molar-refractivity contribution >= 4 is 80.3 Å². The van der Waals surface area contributed by atoms with Gasteiger partial charge in [-0.05, 0) is 148 Å². The third-order valence-electron chi connectivity index (χ3n) is 18.6. The van der Waals surface area contributed by atoms with Gasteiger partial charge < -0.3 is 45.5 Å². The summed E-state index contributed by atoms with van der Waals surface area (Å²) >= 11 is 0. The summed E-state index contributed by atoms with van der Waals surface area (Å²) in [4.78, 5) is 18.3. The van der Waals surface area contributed by atoms with Crippen molar-refractivity contribution in [2.75, 3.05) is 91.6 Å². The topological polar surface area (TPSA) is 123 Å². The van der Waals surface area contributed by atoms with Crippen LogP contribution in [0.4, 0.5) is 0 Å². The molecule has 5 N–H and O–H groups in total. The van der Waals surface area contributed by atoms with Gasteiger partial charge in [-0.1, -0.05) is 349 Å². The molecule has 0 spiro atoms. The molecule has 1 aliphatic heterocycles. The van der Waals surface area contributed by atoms with Crippen LogP contribution in [0.2, 0.25) is 219 Å². The van der Waals surface area contributed by atoms with Crippen molar-refractivity contribution in [2.24, 2.45) is 17.4 Å². The summed E-state index contributed by atoms with van der Waals surface area (Å²) in [5, 5.41) is 3.72. The molecule has 1 unspecified atom stereocenters. The minimum absolute atomic E-state index is 0. The van der Waals surface area contributed by atoms with E-state index in [1.807, 2.05) is 0 Å². The van der Waals surface area contributed by atoms with E-state index in [1.54, 1.807) is 6.04 Å². The summed E-state index contributed by atoms with van der Waals surface area (Å²) in [5.74, 6) is 1.10. The van der Waals surface area contributed by atoms with Crippen LogP contribution >= 0.6 is 7.60 Å². The molecule has 2 aliphatic carbocycles. The number of nitrogens with zero attached hydrogens (tertiary/aromatic N) is 3. The molecule has 1 saturated heterocycles. The van der Waals surface area contributed by atoms with Crippen molar-refractivity contribution in [3.8, 4) is 0 Å². The SMILES string of the molecule is CCN(CC)CCC[Si](C)(C)C.CN(CCC[Si](C)(C)C)CCC[Si](C)(C)C.C[Si](C)(C)CCCCC1CCCCC1.C[Si](C)(C)CCCCCCN.C[Si](C)(C)CCCCCCN.C[Si](C)(C)CCCOP(C)(=O)[O-].C[Si](C)(C)CN1CCCCC1.C[Si](C)(C)CNC1CCCCC1.[Na+]. The third-order valence-corrected chi connectivity index (χ3v) is 34.9. The first kappa shape index (κ1) is 114. The first-order valence-electron chi connectivity index (χ1n) is 42.4. The first-order chi connectivity index (χ1) is 45.2. The average molecular weight is 1600 g/mol. The van der Waals surface area contributed by atoms with Crippen LogP contribution in [0.25, 0.3) is 0 Å². The van der Waals surface area contributed by atoms with E-state index in [0.29, 0.717) is 6.61 Å². The predicted molar refractivity (Wildman–Crippen MR) is 488 cm³/mol. The molecule has 3 aliphatic rings. The van der Waals surface area contributed by atoms with Gasteiger partial charge in [0.05, 0.1) is 22.8 Å². The van der Waals surface area contributed by atoms with Gasteiger partial charge in [0.25, 0.3) is 0 Å². The maximum atomic E-state index is 10.6. The van der Waals surface area contributed by atoms with Crippen LogP contribution in [0.15, 0.2) is 0 Å². The zero-order valence-corrected chi connectivity index (χ0v) is 87.5. The number of hydrogen-bond donors (Lipinski definition) is 3. The van der Waals surface area contributed by atoms with E-state index in [9.17, 15) is 9.46 Å². The molecule has 0 bridgehead atoms. The Bertz CT molecular complexity index is 1740. The van der Waals surface area contributed by atoms with E-state index in [1.165, 1.54) is 262 Å². The van der Waals surface area contributed by atoms with Gasteiger partial charge in [-0.3, -0.25) is 0 Å². The minimum atomic E-state index is -3.48. The van der Waals surface area contributed by atoms with Crippen LogP contribution in [0, 0.1) is 5.92 Å². The van der Waals surface area contributed by atoms with Gasteiger partial charge in [0, 0.05) is 69.2 Å². The van der Waals surface area contributed by atoms with Crippen molar-refractivity contribution in [2.45, 2.75) is 419 Å². The van der Waals surface area contributed by atoms with E-state index < -0.39 is 80.3 Å². The Morgan fingerprint density at radius 2 is 0.740 bits per heavy atom. The summed E-state index contributed by atoms with van der Waals surface area (Å²) in [6, 6.07) is 10.9. The fraction of sp³-hybridized carbons (Fsp3) is 1.00. The average Bonchev–Trinajstić information content (AvgIpc) is 0.950. The van der Waals surface area contributed by atoms with E-state index in [-0.39, 0.29) is 29.6 Å². The van der Waals surface area contributed by atoms with E-state index in [2.05, 4.69) is 222 Å². The van der Waals surface area contributed by atoms with Crippen LogP contribution < -0.4 is 51.2 Å². The Kier molecular flexibility index (Phi) is 73.2. The number of nitrogens with two attached hydrogens (primary N) is 2. The summed E-state index contributed by atoms with van der Waals surface area (Å²) < 4.78 is 15.2. The van der Waals surface area contributed by atoms with Crippen LogP contribution in [-0.4, -0.2) is 185 Å². The quantitative estimate of drug-likeness (QED) is 0.0312. The minimum Gasteiger partial charge on any atom is -0.779 e. The fourth-order valence-corrected chi connectivity index (χ4v) is 24.3. The molecule has 100 heavy (non-hydrogen) atoms. The number of nitrogens with one attached hydrogen (secondary N) is 1. The molecule has 3 rings (SSSR count). The van der Waals surface area contributed by atoms with Gasteiger partial charge >= 0.3 is 29.6 Å². The van der Waals surface area contributed by atoms with Crippen molar-refractivity contribution < 1.29 is 43.5 Å². The van der Waals surface area contributed by atoms with Crippen LogP contribution in [0.5, 0.6) is 0 Å². The zero-order chi connectivity index (χ0) is 77.5. The van der Waals surface area contributed by atoms with Gasteiger partial charge in [-0.15, -0.1) is 0 Å². The van der Waals surface area contributed by atoms with Crippen LogP contribution in [-0.2, 0) is 9.09 Å². The molecule has 20 heteroatoms. The summed E-state index contributed by atoms with van der Waals surface area (Å²) in [6.45, 7) is 82.5. The maximum Gasteiger partial charge on any atom is 1.00 e. The summed E-state index contributed by atoms with van der Waals surface area (Å²) in [7, 11) is -8.52. The largest absolute Gasteiger partial charge is 1.00 e. The molecular formula is C80H194N6NaO3PSi9. The van der Waals surface area contributed by atoms with Crippen LogP contribution in [0.1, 0.15) is 194 Å². The van der Waals surface area contributed by atoms with Crippen molar-refractivity contribution in [3.63, 3.8) is 0 Å². The second kappa shape index (κ2) is 64.4. The molecule has 0 radical (unpaired) electrons. The van der Waals surface area contributed by atoms with Gasteiger partial charge in [0.15, 0.2) is 0 Å². The van der Waals surface area contributed by atoms with E-state index in [0.717, 1.165) is 44.2 Å². The summed E-state index contributed by atoms with van der Waals surface area (Å²) in [6.07, 6.45) is 42.2. The third kappa shape index (κ3) is 109. The smallest absolute Gasteiger partial charge is 0.779 e. The number of rotatable bonds is 41. The normalized spacial score (nSPS) is 16.2. The Hall–Kier alpha value is 2.86. The Morgan fingerprint density at radius 3 is 1.07 bits per heavy atom.